The molecule has 0 unspecified atom stereocenters. The Hall–Kier alpha value is -2.73. The smallest absolute Gasteiger partial charge is 0.254 e. The third-order valence-corrected chi connectivity index (χ3v) is 4.62. The van der Waals surface area contributed by atoms with Gasteiger partial charge >= 0.3 is 0 Å². The number of aromatic nitrogens is 3. The normalized spacial score (nSPS) is 17.3. The summed E-state index contributed by atoms with van der Waals surface area (Å²) < 4.78 is 7.45. The van der Waals surface area contributed by atoms with Gasteiger partial charge in [0.2, 0.25) is 0 Å². The molecule has 2 aromatic heterocycles. The molecule has 3 heterocycles. The van der Waals surface area contributed by atoms with Gasteiger partial charge in [0.1, 0.15) is 0 Å². The van der Waals surface area contributed by atoms with Gasteiger partial charge < -0.3 is 14.2 Å². The summed E-state index contributed by atoms with van der Waals surface area (Å²) in [5.74, 6) is 0.271. The van der Waals surface area contributed by atoms with Crippen molar-refractivity contribution < 1.29 is 9.53 Å². The van der Waals surface area contributed by atoms with E-state index in [0.717, 1.165) is 23.1 Å². The first-order valence-corrected chi connectivity index (χ1v) is 8.36. The Balaban J connectivity index is 1.65. The molecule has 0 aliphatic carbocycles. The van der Waals surface area contributed by atoms with E-state index in [1.54, 1.807) is 13.3 Å². The van der Waals surface area contributed by atoms with Crippen molar-refractivity contribution in [3.8, 4) is 0 Å². The minimum Gasteiger partial charge on any atom is -0.384 e. The molecule has 0 saturated carbocycles. The number of rotatable bonds is 3. The van der Waals surface area contributed by atoms with Crippen molar-refractivity contribution in [1.29, 1.82) is 0 Å². The number of ether oxygens (including phenoxy) is 1. The molecule has 1 atom stereocenters. The highest BCUT2D eigenvalue weighted by Gasteiger charge is 2.26. The predicted octanol–water partition coefficient (Wildman–Crippen LogP) is 2.35. The van der Waals surface area contributed by atoms with Gasteiger partial charge in [0, 0.05) is 49.5 Å². The maximum absolute atomic E-state index is 13.1. The van der Waals surface area contributed by atoms with Crippen molar-refractivity contribution >= 4 is 16.8 Å². The van der Waals surface area contributed by atoms with Gasteiger partial charge in [0.15, 0.2) is 0 Å². The highest BCUT2D eigenvalue weighted by Crippen LogP contribution is 2.20. The molecule has 128 valence electrons. The first-order valence-electron chi connectivity index (χ1n) is 8.36. The van der Waals surface area contributed by atoms with E-state index in [0.29, 0.717) is 25.3 Å². The Labute approximate surface area is 146 Å². The summed E-state index contributed by atoms with van der Waals surface area (Å²) in [5, 5.41) is 0.974. The van der Waals surface area contributed by atoms with E-state index in [1.165, 1.54) is 0 Å². The van der Waals surface area contributed by atoms with Gasteiger partial charge in [0.05, 0.1) is 30.7 Å². The number of carbonyl (C=O) groups is 1. The standard InChI is InChI=1S/C19H20N4O2/c1-25-12-14-9-22(11-17-8-20-13-23(17)10-14)19(24)16-4-5-18-15(7-16)3-2-6-21-18/h2-8,13-14H,9-12H2,1H3/t14-/m0/s1. The molecule has 1 aromatic carbocycles. The van der Waals surface area contributed by atoms with E-state index in [1.807, 2.05) is 47.8 Å². The summed E-state index contributed by atoms with van der Waals surface area (Å²) >= 11 is 0. The second-order valence-corrected chi connectivity index (χ2v) is 6.46. The van der Waals surface area contributed by atoms with Crippen LogP contribution in [0.4, 0.5) is 0 Å². The molecular formula is C19H20N4O2. The molecule has 1 amide bonds. The Morgan fingerprint density at radius 3 is 3.12 bits per heavy atom. The lowest BCUT2D eigenvalue weighted by Gasteiger charge is -2.24. The third kappa shape index (κ3) is 3.13. The van der Waals surface area contributed by atoms with Crippen molar-refractivity contribution in [1.82, 2.24) is 19.4 Å². The van der Waals surface area contributed by atoms with Gasteiger partial charge in [-0.2, -0.15) is 0 Å². The zero-order valence-corrected chi connectivity index (χ0v) is 14.1. The van der Waals surface area contributed by atoms with Crippen LogP contribution >= 0.6 is 0 Å². The van der Waals surface area contributed by atoms with E-state index in [2.05, 4.69) is 14.5 Å². The van der Waals surface area contributed by atoms with E-state index >= 15 is 0 Å². The molecule has 6 heteroatoms. The molecule has 1 aliphatic rings. The fourth-order valence-electron chi connectivity index (χ4n) is 3.44. The monoisotopic (exact) mass is 336 g/mol. The van der Waals surface area contributed by atoms with Crippen molar-refractivity contribution in [3.05, 3.63) is 60.3 Å². The van der Waals surface area contributed by atoms with Crippen LogP contribution in [-0.4, -0.2) is 45.6 Å². The highest BCUT2D eigenvalue weighted by molar-refractivity contribution is 5.97. The van der Waals surface area contributed by atoms with Crippen LogP contribution in [0.15, 0.2) is 49.1 Å². The van der Waals surface area contributed by atoms with Gasteiger partial charge in [-0.25, -0.2) is 4.98 Å². The van der Waals surface area contributed by atoms with Gasteiger partial charge in [0.25, 0.3) is 5.91 Å². The minimum absolute atomic E-state index is 0.0292. The molecule has 0 fully saturated rings. The van der Waals surface area contributed by atoms with Crippen molar-refractivity contribution in [2.45, 2.75) is 13.1 Å². The van der Waals surface area contributed by atoms with E-state index in [4.69, 9.17) is 4.74 Å². The number of methoxy groups -OCH3 is 1. The number of carbonyl (C=O) groups excluding carboxylic acids is 1. The zero-order chi connectivity index (χ0) is 17.2. The number of amides is 1. The molecule has 25 heavy (non-hydrogen) atoms. The zero-order valence-electron chi connectivity index (χ0n) is 14.1. The van der Waals surface area contributed by atoms with Crippen molar-refractivity contribution in [2.24, 2.45) is 5.92 Å². The highest BCUT2D eigenvalue weighted by atomic mass is 16.5. The number of benzene rings is 1. The second-order valence-electron chi connectivity index (χ2n) is 6.46. The fourth-order valence-corrected chi connectivity index (χ4v) is 3.44. The first-order chi connectivity index (χ1) is 12.2. The largest absolute Gasteiger partial charge is 0.384 e. The van der Waals surface area contributed by atoms with Crippen LogP contribution in [0.1, 0.15) is 16.1 Å². The number of nitrogens with zero attached hydrogens (tertiary/aromatic N) is 4. The van der Waals surface area contributed by atoms with Crippen molar-refractivity contribution in [3.63, 3.8) is 0 Å². The van der Waals surface area contributed by atoms with Gasteiger partial charge in [-0.05, 0) is 24.3 Å². The summed E-state index contributed by atoms with van der Waals surface area (Å²) in [4.78, 5) is 23.5. The molecule has 3 aromatic rings. The lowest BCUT2D eigenvalue weighted by atomic mass is 10.1. The number of pyridine rings is 1. The summed E-state index contributed by atoms with van der Waals surface area (Å²) in [6.07, 6.45) is 5.42. The number of fused-ring (bicyclic) bond motifs is 2. The molecule has 6 nitrogen and oxygen atoms in total. The molecule has 0 radical (unpaired) electrons. The van der Waals surface area contributed by atoms with E-state index in [-0.39, 0.29) is 11.8 Å². The van der Waals surface area contributed by atoms with Crippen LogP contribution in [0, 0.1) is 5.92 Å². The second kappa shape index (κ2) is 6.64. The average molecular weight is 336 g/mol. The first kappa shape index (κ1) is 15.8. The van der Waals surface area contributed by atoms with Crippen LogP contribution < -0.4 is 0 Å². The van der Waals surface area contributed by atoms with Crippen molar-refractivity contribution in [2.75, 3.05) is 20.3 Å². The number of hydrogen-bond acceptors (Lipinski definition) is 4. The SMILES string of the molecule is COC[C@H]1CN(C(=O)c2ccc3ncccc3c2)Cc2cncn2C1. The maximum atomic E-state index is 13.1. The van der Waals surface area contributed by atoms with Gasteiger partial charge in [-0.1, -0.05) is 6.07 Å². The average Bonchev–Trinajstić information content (AvgIpc) is 2.99. The third-order valence-electron chi connectivity index (χ3n) is 4.62. The summed E-state index contributed by atoms with van der Waals surface area (Å²) in [6.45, 7) is 2.65. The molecular weight excluding hydrogens is 316 g/mol. The summed E-state index contributed by atoms with van der Waals surface area (Å²) in [7, 11) is 1.70. The number of imidazole rings is 1. The van der Waals surface area contributed by atoms with Gasteiger partial charge in [-0.3, -0.25) is 9.78 Å². The minimum atomic E-state index is 0.0292. The lowest BCUT2D eigenvalue weighted by molar-refractivity contribution is 0.0667. The van der Waals surface area contributed by atoms with E-state index < -0.39 is 0 Å². The van der Waals surface area contributed by atoms with Gasteiger partial charge in [-0.15, -0.1) is 0 Å². The molecule has 1 aliphatic heterocycles. The quantitative estimate of drug-likeness (QED) is 0.737. The predicted molar refractivity (Wildman–Crippen MR) is 94.1 cm³/mol. The lowest BCUT2D eigenvalue weighted by Crippen LogP contribution is -2.35. The number of hydrogen-bond donors (Lipinski definition) is 0. The fraction of sp³-hybridized carbons (Fsp3) is 0.316. The molecule has 0 bridgehead atoms. The molecule has 0 spiro atoms. The molecule has 0 saturated heterocycles. The molecule has 0 N–H and O–H groups in total. The Morgan fingerprint density at radius 2 is 2.24 bits per heavy atom. The Morgan fingerprint density at radius 1 is 1.32 bits per heavy atom. The van der Waals surface area contributed by atoms with Crippen LogP contribution in [0.2, 0.25) is 0 Å². The van der Waals surface area contributed by atoms with E-state index in [9.17, 15) is 4.79 Å². The van der Waals surface area contributed by atoms with Crippen LogP contribution in [0.25, 0.3) is 10.9 Å². The Bertz CT molecular complexity index is 905. The topological polar surface area (TPSA) is 60.2 Å². The van der Waals surface area contributed by atoms with Crippen LogP contribution in [0.3, 0.4) is 0 Å². The van der Waals surface area contributed by atoms with Crippen LogP contribution in [0.5, 0.6) is 0 Å². The summed E-state index contributed by atoms with van der Waals surface area (Å²) in [6, 6.07) is 9.53. The maximum Gasteiger partial charge on any atom is 0.254 e. The van der Waals surface area contributed by atoms with Crippen LogP contribution in [-0.2, 0) is 17.8 Å². The summed E-state index contributed by atoms with van der Waals surface area (Å²) in [5.41, 5.74) is 2.63. The Kier molecular flexibility index (Phi) is 4.19. The molecule has 4 rings (SSSR count).